The van der Waals surface area contributed by atoms with E-state index in [2.05, 4.69) is 11.9 Å². The van der Waals surface area contributed by atoms with Crippen molar-refractivity contribution < 1.29 is 14.3 Å². The average molecular weight is 270 g/mol. The second-order valence-corrected chi connectivity index (χ2v) is 5.85. The highest BCUT2D eigenvalue weighted by Gasteiger charge is 2.50. The zero-order valence-corrected chi connectivity index (χ0v) is 12.4. The zero-order chi connectivity index (χ0) is 13.9. The fourth-order valence-corrected chi connectivity index (χ4v) is 3.28. The molecule has 19 heavy (non-hydrogen) atoms. The summed E-state index contributed by atoms with van der Waals surface area (Å²) in [6.45, 7) is 6.35. The van der Waals surface area contributed by atoms with E-state index in [9.17, 15) is 4.79 Å². The van der Waals surface area contributed by atoms with Gasteiger partial charge in [-0.2, -0.15) is 0 Å². The number of piperidine rings is 1. The van der Waals surface area contributed by atoms with Gasteiger partial charge in [-0.3, -0.25) is 9.69 Å². The summed E-state index contributed by atoms with van der Waals surface area (Å²) in [4.78, 5) is 16.2. The van der Waals surface area contributed by atoms with E-state index in [1.807, 2.05) is 11.8 Å². The minimum atomic E-state index is 0.120. The van der Waals surface area contributed by atoms with Gasteiger partial charge in [-0.15, -0.1) is 0 Å². The van der Waals surface area contributed by atoms with Crippen LogP contribution in [0, 0.1) is 5.92 Å². The molecule has 2 heterocycles. The third kappa shape index (κ3) is 3.09. The Labute approximate surface area is 115 Å². The van der Waals surface area contributed by atoms with Gasteiger partial charge in [0.15, 0.2) is 0 Å². The number of rotatable bonds is 5. The Hall–Kier alpha value is -0.650. The molecule has 0 bridgehead atoms. The van der Waals surface area contributed by atoms with Crippen LogP contribution in [0.5, 0.6) is 0 Å². The van der Waals surface area contributed by atoms with E-state index < -0.39 is 0 Å². The molecule has 110 valence electrons. The quantitative estimate of drug-likeness (QED) is 0.733. The highest BCUT2D eigenvalue weighted by Crippen LogP contribution is 2.38. The predicted octanol–water partition coefficient (Wildman–Crippen LogP) is 0.592. The van der Waals surface area contributed by atoms with Crippen molar-refractivity contribution in [1.82, 2.24) is 9.80 Å². The Morgan fingerprint density at radius 2 is 2.16 bits per heavy atom. The molecular weight excluding hydrogens is 244 g/mol. The van der Waals surface area contributed by atoms with Crippen LogP contribution < -0.4 is 0 Å². The Balaban J connectivity index is 1.85. The maximum absolute atomic E-state index is 11.9. The first-order valence-corrected chi connectivity index (χ1v) is 7.17. The summed E-state index contributed by atoms with van der Waals surface area (Å²) in [6.07, 6.45) is 2.33. The minimum absolute atomic E-state index is 0.120. The molecule has 0 aromatic carbocycles. The second kappa shape index (κ2) is 6.20. The van der Waals surface area contributed by atoms with Gasteiger partial charge < -0.3 is 14.4 Å². The number of hydrogen-bond donors (Lipinski definition) is 0. The Kier molecular flexibility index (Phi) is 4.81. The van der Waals surface area contributed by atoms with E-state index in [4.69, 9.17) is 9.47 Å². The first kappa shape index (κ1) is 14.8. The fourth-order valence-electron chi connectivity index (χ4n) is 3.28. The largest absolute Gasteiger partial charge is 0.384 e. The lowest BCUT2D eigenvalue weighted by atomic mass is 9.75. The molecule has 0 radical (unpaired) electrons. The molecule has 0 saturated carbocycles. The van der Waals surface area contributed by atoms with Crippen LogP contribution in [-0.2, 0) is 14.3 Å². The van der Waals surface area contributed by atoms with Gasteiger partial charge in [0.05, 0.1) is 5.54 Å². The summed E-state index contributed by atoms with van der Waals surface area (Å²) >= 11 is 0. The molecule has 1 spiro atoms. The first-order chi connectivity index (χ1) is 9.11. The van der Waals surface area contributed by atoms with Crippen LogP contribution in [0.4, 0.5) is 0 Å². The zero-order valence-electron chi connectivity index (χ0n) is 12.4. The minimum Gasteiger partial charge on any atom is -0.384 e. The van der Waals surface area contributed by atoms with Gasteiger partial charge in [-0.05, 0) is 39.3 Å². The van der Waals surface area contributed by atoms with Crippen molar-refractivity contribution in [1.29, 1.82) is 0 Å². The van der Waals surface area contributed by atoms with E-state index in [0.717, 1.165) is 32.7 Å². The number of likely N-dealkylation sites (N-methyl/N-ethyl adjacent to an activating group) is 1. The molecule has 1 amide bonds. The lowest BCUT2D eigenvalue weighted by Crippen LogP contribution is -2.73. The summed E-state index contributed by atoms with van der Waals surface area (Å²) in [7, 11) is 3.94. The maximum Gasteiger partial charge on any atom is 0.248 e. The molecule has 2 fully saturated rings. The van der Waals surface area contributed by atoms with Crippen molar-refractivity contribution in [2.45, 2.75) is 25.3 Å². The molecule has 0 aliphatic carbocycles. The fraction of sp³-hybridized carbons (Fsp3) is 0.929. The van der Waals surface area contributed by atoms with Gasteiger partial charge in [-0.25, -0.2) is 0 Å². The monoisotopic (exact) mass is 270 g/mol. The SMILES string of the molecule is CCOCC(=O)N1CC2(CC(COC)CCN2C)C1. The number of amides is 1. The summed E-state index contributed by atoms with van der Waals surface area (Å²) < 4.78 is 10.5. The highest BCUT2D eigenvalue weighted by molar-refractivity contribution is 5.78. The van der Waals surface area contributed by atoms with Crippen molar-refractivity contribution in [2.24, 2.45) is 5.92 Å². The molecule has 1 atom stereocenters. The summed E-state index contributed by atoms with van der Waals surface area (Å²) in [5, 5.41) is 0. The molecule has 0 N–H and O–H groups in total. The van der Waals surface area contributed by atoms with E-state index >= 15 is 0 Å². The normalized spacial score (nSPS) is 26.5. The van der Waals surface area contributed by atoms with E-state index in [1.54, 1.807) is 7.11 Å². The highest BCUT2D eigenvalue weighted by atomic mass is 16.5. The van der Waals surface area contributed by atoms with Crippen LogP contribution in [-0.4, -0.2) is 74.9 Å². The van der Waals surface area contributed by atoms with Crippen molar-refractivity contribution in [3.8, 4) is 0 Å². The van der Waals surface area contributed by atoms with Gasteiger partial charge in [0, 0.05) is 33.4 Å². The van der Waals surface area contributed by atoms with Crippen molar-refractivity contribution >= 4 is 5.91 Å². The number of nitrogens with zero attached hydrogens (tertiary/aromatic N) is 2. The lowest BCUT2D eigenvalue weighted by molar-refractivity contribution is -0.155. The Morgan fingerprint density at radius 3 is 2.79 bits per heavy atom. The van der Waals surface area contributed by atoms with Crippen LogP contribution in [0.15, 0.2) is 0 Å². The third-order valence-electron chi connectivity index (χ3n) is 4.51. The first-order valence-electron chi connectivity index (χ1n) is 7.17. The van der Waals surface area contributed by atoms with E-state index in [-0.39, 0.29) is 18.1 Å². The van der Waals surface area contributed by atoms with E-state index in [1.165, 1.54) is 6.42 Å². The van der Waals surface area contributed by atoms with Crippen LogP contribution in [0.3, 0.4) is 0 Å². The third-order valence-corrected chi connectivity index (χ3v) is 4.51. The van der Waals surface area contributed by atoms with Crippen LogP contribution in [0.25, 0.3) is 0 Å². The van der Waals surface area contributed by atoms with E-state index in [0.29, 0.717) is 12.5 Å². The molecule has 2 saturated heterocycles. The van der Waals surface area contributed by atoms with Crippen LogP contribution in [0.2, 0.25) is 0 Å². The molecule has 1 unspecified atom stereocenters. The Bertz CT molecular complexity index is 316. The maximum atomic E-state index is 11.9. The summed E-state index contributed by atoms with van der Waals surface area (Å²) in [5.41, 5.74) is 0.184. The van der Waals surface area contributed by atoms with Gasteiger partial charge in [-0.1, -0.05) is 0 Å². The Morgan fingerprint density at radius 1 is 1.42 bits per heavy atom. The standard InChI is InChI=1S/C14H26N2O3/c1-4-19-9-13(17)16-10-14(11-16)7-12(8-18-3)5-6-15(14)2/h12H,4-11H2,1-3H3. The van der Waals surface area contributed by atoms with Crippen LogP contribution in [0.1, 0.15) is 19.8 Å². The molecular formula is C14H26N2O3. The topological polar surface area (TPSA) is 42.0 Å². The van der Waals surface area contributed by atoms with Gasteiger partial charge in [0.1, 0.15) is 6.61 Å². The van der Waals surface area contributed by atoms with Crippen molar-refractivity contribution in [3.05, 3.63) is 0 Å². The number of methoxy groups -OCH3 is 1. The summed E-state index contributed by atoms with van der Waals surface area (Å²) in [5.74, 6) is 0.750. The second-order valence-electron chi connectivity index (χ2n) is 5.85. The lowest BCUT2D eigenvalue weighted by Gasteiger charge is -2.58. The van der Waals surface area contributed by atoms with Crippen molar-refractivity contribution in [3.63, 3.8) is 0 Å². The molecule has 0 aromatic rings. The average Bonchev–Trinajstić information content (AvgIpc) is 2.36. The summed E-state index contributed by atoms with van der Waals surface area (Å²) in [6, 6.07) is 0. The molecule has 2 aliphatic rings. The number of hydrogen-bond acceptors (Lipinski definition) is 4. The number of ether oxygens (including phenoxy) is 2. The molecule has 5 nitrogen and oxygen atoms in total. The molecule has 5 heteroatoms. The number of likely N-dealkylation sites (tertiary alicyclic amines) is 2. The molecule has 2 aliphatic heterocycles. The van der Waals surface area contributed by atoms with Gasteiger partial charge in [0.25, 0.3) is 0 Å². The smallest absolute Gasteiger partial charge is 0.248 e. The van der Waals surface area contributed by atoms with Gasteiger partial charge in [0.2, 0.25) is 5.91 Å². The van der Waals surface area contributed by atoms with Gasteiger partial charge >= 0.3 is 0 Å². The van der Waals surface area contributed by atoms with Crippen LogP contribution >= 0.6 is 0 Å². The number of carbonyl (C=O) groups excluding carboxylic acids is 1. The van der Waals surface area contributed by atoms with Crippen molar-refractivity contribution in [2.75, 3.05) is 53.6 Å². The number of carbonyl (C=O) groups is 1. The molecule has 0 aromatic heterocycles. The molecule has 2 rings (SSSR count). The predicted molar refractivity (Wildman–Crippen MR) is 73.0 cm³/mol.